The predicted molar refractivity (Wildman–Crippen MR) is 256 cm³/mol. The van der Waals surface area contributed by atoms with Crippen LogP contribution in [0.4, 0.5) is 0 Å². The van der Waals surface area contributed by atoms with Crippen molar-refractivity contribution in [2.45, 2.75) is 88.2 Å². The van der Waals surface area contributed by atoms with Gasteiger partial charge in [0, 0.05) is 40.7 Å². The topological polar surface area (TPSA) is 81.0 Å². The molecule has 0 bridgehead atoms. The van der Waals surface area contributed by atoms with Gasteiger partial charge in [0.05, 0.1) is 39.4 Å². The molecule has 0 N–H and O–H groups in total. The van der Waals surface area contributed by atoms with E-state index in [1.807, 2.05) is 25.0 Å². The molecule has 6 heterocycles. The molecule has 0 saturated heterocycles. The monoisotopic (exact) mass is 1080 g/mol. The summed E-state index contributed by atoms with van der Waals surface area (Å²) in [5.41, 5.74) is 12.4. The van der Waals surface area contributed by atoms with Gasteiger partial charge in [-0.15, -0.1) is 5.92 Å². The zero-order valence-corrected chi connectivity index (χ0v) is 42.2. The maximum atomic E-state index is 5.96. The Morgan fingerprint density at radius 1 is 0.712 bits per heavy atom. The fraction of sp³-hybridized carbons (Fsp3) is 0.377. The van der Waals surface area contributed by atoms with Gasteiger partial charge in [0.15, 0.2) is 58.7 Å². The SMILES string of the molecule is C.C.C.CC#CC1c2c(ccc(OC)c2OC)C(CC)=C2c3cc4c(cc3CCN21)OCO4.CCc1c2[n+](cc3c(OC)c(OC)ccc13)CCc1cc3c(cc1-2)OCO3.[Br-].[C-]#CC.[I-].[Mg+2]. The first-order chi connectivity index (χ1) is 29.4. The third-order valence-corrected chi connectivity index (χ3v) is 11.8. The molecule has 13 heteroatoms. The third-order valence-electron chi connectivity index (χ3n) is 11.8. The number of ether oxygens (including phenoxy) is 8. The first kappa shape index (κ1) is 57.5. The Kier molecular flexibility index (Phi) is 21.7. The van der Waals surface area contributed by atoms with Crippen LogP contribution in [0.1, 0.15) is 95.8 Å². The van der Waals surface area contributed by atoms with Gasteiger partial charge < -0.3 is 96.1 Å². The molecule has 66 heavy (non-hydrogen) atoms. The quantitative estimate of drug-likeness (QED) is 0.0808. The number of pyridine rings is 1. The molecule has 4 aromatic carbocycles. The van der Waals surface area contributed by atoms with Gasteiger partial charge in [0.1, 0.15) is 6.04 Å². The van der Waals surface area contributed by atoms with Crippen LogP contribution in [0.5, 0.6) is 46.0 Å². The van der Waals surface area contributed by atoms with Crippen molar-refractivity contribution in [2.24, 2.45) is 0 Å². The molecule has 0 radical (unpaired) electrons. The Labute approximate surface area is 436 Å². The van der Waals surface area contributed by atoms with Gasteiger partial charge in [-0.05, 0) is 97.8 Å². The van der Waals surface area contributed by atoms with E-state index in [2.05, 4.69) is 77.8 Å². The van der Waals surface area contributed by atoms with Gasteiger partial charge in [0.25, 0.3) is 0 Å². The van der Waals surface area contributed by atoms with E-state index in [9.17, 15) is 0 Å². The van der Waals surface area contributed by atoms with Crippen LogP contribution >= 0.6 is 0 Å². The minimum absolute atomic E-state index is 0. The maximum absolute atomic E-state index is 5.96. The van der Waals surface area contributed by atoms with Crippen molar-refractivity contribution >= 4 is 45.1 Å². The molecule has 5 aromatic rings. The predicted octanol–water partition coefficient (Wildman–Crippen LogP) is 4.44. The van der Waals surface area contributed by atoms with Gasteiger partial charge in [-0.3, -0.25) is 0 Å². The Morgan fingerprint density at radius 2 is 1.26 bits per heavy atom. The van der Waals surface area contributed by atoms with Crippen molar-refractivity contribution in [3.05, 3.63) is 94.5 Å². The third kappa shape index (κ3) is 9.96. The van der Waals surface area contributed by atoms with Crippen LogP contribution in [0.15, 0.2) is 54.7 Å². The van der Waals surface area contributed by atoms with Crippen molar-refractivity contribution in [2.75, 3.05) is 48.6 Å². The molecule has 5 aliphatic rings. The standard InChI is InChI=1S/C25H25NO4.C22H22NO4.C3H3.3CH4.BrH.HI.Mg/c1-5-7-19-23-17(8-9-20(27-3)25(23)28-4)16(6-2)24-18-13-22-21(29-14-30-22)12-15(18)10-11-26(19)24;1-4-14-15-5-6-18(24-2)22(25-3)17(15)11-23-8-7-13-9-19-20(27-12-26-19)10-16(13)21(14)23;1-3-2;;;;;;/h8-9,12-13,19H,6,10-11,14H2,1-4H3;5-6,9-11H,4,7-8,12H2,1-3H3;1H3;3*1H4;2*1H;/q;+1;-1;;;;;;+2/p-2. The van der Waals surface area contributed by atoms with Crippen molar-refractivity contribution in [1.29, 1.82) is 0 Å². The number of aryl methyl sites for hydroxylation is 3. The van der Waals surface area contributed by atoms with E-state index in [4.69, 9.17) is 44.3 Å². The Bertz CT molecular complexity index is 2670. The van der Waals surface area contributed by atoms with Crippen LogP contribution in [0.2, 0.25) is 0 Å². The average molecular weight is 1090 g/mol. The van der Waals surface area contributed by atoms with E-state index in [0.717, 1.165) is 95.7 Å². The van der Waals surface area contributed by atoms with Gasteiger partial charge in [-0.2, -0.15) is 4.57 Å². The largest absolute Gasteiger partial charge is 2.00 e. The van der Waals surface area contributed by atoms with Crippen molar-refractivity contribution in [1.82, 2.24) is 4.90 Å². The maximum Gasteiger partial charge on any atom is 2.00 e. The fourth-order valence-corrected chi connectivity index (χ4v) is 9.29. The van der Waals surface area contributed by atoms with Gasteiger partial charge in [-0.25, -0.2) is 0 Å². The van der Waals surface area contributed by atoms with Crippen LogP contribution in [0.3, 0.4) is 0 Å². The first-order valence-corrected chi connectivity index (χ1v) is 20.3. The Hall–Kier alpha value is -4.67. The minimum atomic E-state index is -0.0982. The molecule has 10 rings (SSSR count). The summed E-state index contributed by atoms with van der Waals surface area (Å²) in [5, 5.41) is 2.29. The van der Waals surface area contributed by atoms with E-state index < -0.39 is 0 Å². The summed E-state index contributed by atoms with van der Waals surface area (Å²) in [6.07, 6.45) is 11.9. The Morgan fingerprint density at radius 3 is 1.80 bits per heavy atom. The number of hydrogen-bond donors (Lipinski definition) is 0. The number of methoxy groups -OCH3 is 4. The molecule has 1 atom stereocenters. The van der Waals surface area contributed by atoms with Crippen molar-refractivity contribution < 1.29 is 83.4 Å². The zero-order chi connectivity index (χ0) is 42.1. The van der Waals surface area contributed by atoms with E-state index in [1.165, 1.54) is 55.7 Å². The molecular formula is C53H62BrIMgN2O8. The minimum Gasteiger partial charge on any atom is -1.00 e. The average Bonchev–Trinajstić information content (AvgIpc) is 3.95. The summed E-state index contributed by atoms with van der Waals surface area (Å²) in [4.78, 5) is 2.42. The second-order valence-corrected chi connectivity index (χ2v) is 14.7. The molecule has 0 aliphatic carbocycles. The van der Waals surface area contributed by atoms with Crippen LogP contribution in [-0.2, 0) is 25.8 Å². The van der Waals surface area contributed by atoms with Crippen LogP contribution in [0, 0.1) is 24.2 Å². The number of benzene rings is 4. The van der Waals surface area contributed by atoms with Crippen molar-refractivity contribution in [3.8, 4) is 75.0 Å². The van der Waals surface area contributed by atoms with Gasteiger partial charge in [-0.1, -0.05) is 48.1 Å². The number of rotatable bonds is 6. The summed E-state index contributed by atoms with van der Waals surface area (Å²) in [6, 6.07) is 16.7. The van der Waals surface area contributed by atoms with E-state index >= 15 is 0 Å². The summed E-state index contributed by atoms with van der Waals surface area (Å²) >= 11 is 0. The number of fused-ring (bicyclic) bond motifs is 10. The van der Waals surface area contributed by atoms with Crippen LogP contribution < -0.4 is 83.4 Å². The Balaban J connectivity index is 0.000000396. The molecule has 0 fully saturated rings. The second kappa shape index (κ2) is 24.9. The summed E-state index contributed by atoms with van der Waals surface area (Å²) < 4.78 is 47.5. The molecule has 5 aliphatic heterocycles. The molecule has 1 unspecified atom stereocenters. The van der Waals surface area contributed by atoms with E-state index in [-0.39, 0.29) is 99.1 Å². The summed E-state index contributed by atoms with van der Waals surface area (Å²) in [5.74, 6) is 15.0. The number of aromatic nitrogens is 1. The first-order valence-electron chi connectivity index (χ1n) is 20.3. The van der Waals surface area contributed by atoms with Crippen molar-refractivity contribution in [3.63, 3.8) is 0 Å². The van der Waals surface area contributed by atoms with E-state index in [0.29, 0.717) is 6.79 Å². The number of allylic oxidation sites excluding steroid dienone is 1. The molecule has 10 nitrogen and oxygen atoms in total. The van der Waals surface area contributed by atoms with Crippen LogP contribution in [-0.4, -0.2) is 76.5 Å². The molecule has 348 valence electrons. The normalized spacial score (nSPS) is 14.1. The molecule has 0 spiro atoms. The molecule has 0 amide bonds. The fourth-order valence-electron chi connectivity index (χ4n) is 9.29. The van der Waals surface area contributed by atoms with E-state index in [1.54, 1.807) is 35.4 Å². The van der Waals surface area contributed by atoms with Gasteiger partial charge >= 0.3 is 23.1 Å². The van der Waals surface area contributed by atoms with Crippen LogP contribution in [0.25, 0.3) is 33.3 Å². The molecule has 1 aromatic heterocycles. The smallest absolute Gasteiger partial charge is 1.00 e. The zero-order valence-electron chi connectivity index (χ0n) is 37.1. The molecule has 0 saturated carbocycles. The number of halogens is 2. The summed E-state index contributed by atoms with van der Waals surface area (Å²) in [7, 11) is 6.75. The van der Waals surface area contributed by atoms with Gasteiger partial charge in [0.2, 0.25) is 19.3 Å². The number of nitrogens with zero attached hydrogens (tertiary/aromatic N) is 2. The number of hydrogen-bond acceptors (Lipinski definition) is 9. The molecular weight excluding hydrogens is 1020 g/mol. The second-order valence-electron chi connectivity index (χ2n) is 14.7. The summed E-state index contributed by atoms with van der Waals surface area (Å²) in [6.45, 7) is 10.2.